The minimum atomic E-state index is -2.41. The van der Waals surface area contributed by atoms with Gasteiger partial charge in [0.1, 0.15) is 0 Å². The Morgan fingerprint density at radius 3 is 2.50 bits per heavy atom. The zero-order valence-corrected chi connectivity index (χ0v) is 7.61. The summed E-state index contributed by atoms with van der Waals surface area (Å²) >= 11 is 0. The Morgan fingerprint density at radius 1 is 1.36 bits per heavy atom. The number of hydrogen-bond acceptors (Lipinski definition) is 3. The van der Waals surface area contributed by atoms with Crippen molar-refractivity contribution in [3.8, 4) is 0 Å². The minimum Gasteiger partial charge on any atom is -0.395 e. The van der Waals surface area contributed by atoms with E-state index < -0.39 is 6.43 Å². The van der Waals surface area contributed by atoms with Crippen LogP contribution < -0.4 is 4.90 Å². The maximum Gasteiger partial charge on any atom is 0.255 e. The number of aliphatic hydroxyl groups is 1. The molecule has 0 radical (unpaired) electrons. The van der Waals surface area contributed by atoms with Crippen LogP contribution in [0, 0.1) is 0 Å². The van der Waals surface area contributed by atoms with Crippen molar-refractivity contribution in [3.05, 3.63) is 24.5 Å². The fourth-order valence-corrected chi connectivity index (χ4v) is 1.17. The standard InChI is InChI=1S/C9H12F2N2O/c10-9(11)7-13(5-6-14)8-1-3-12-4-2-8/h1-4,9,14H,5-7H2. The molecule has 0 spiro atoms. The normalized spacial score (nSPS) is 10.6. The first-order valence-electron chi connectivity index (χ1n) is 4.28. The Morgan fingerprint density at radius 2 is 2.00 bits per heavy atom. The molecule has 14 heavy (non-hydrogen) atoms. The molecule has 5 heteroatoms. The monoisotopic (exact) mass is 202 g/mol. The first-order chi connectivity index (χ1) is 6.74. The summed E-state index contributed by atoms with van der Waals surface area (Å²) in [6.45, 7) is -0.312. The molecule has 0 aliphatic heterocycles. The predicted octanol–water partition coefficient (Wildman–Crippen LogP) is 1.15. The van der Waals surface area contributed by atoms with Crippen molar-refractivity contribution in [3.63, 3.8) is 0 Å². The van der Waals surface area contributed by atoms with Gasteiger partial charge in [0.2, 0.25) is 0 Å². The lowest BCUT2D eigenvalue weighted by molar-refractivity contribution is 0.153. The van der Waals surface area contributed by atoms with Gasteiger partial charge in [-0.2, -0.15) is 0 Å². The first kappa shape index (κ1) is 10.8. The van der Waals surface area contributed by atoms with Crippen molar-refractivity contribution in [2.45, 2.75) is 6.43 Å². The molecule has 0 amide bonds. The van der Waals surface area contributed by atoms with Crippen LogP contribution in [-0.2, 0) is 0 Å². The maximum atomic E-state index is 12.2. The van der Waals surface area contributed by atoms with Crippen molar-refractivity contribution < 1.29 is 13.9 Å². The molecule has 0 saturated carbocycles. The zero-order chi connectivity index (χ0) is 10.4. The van der Waals surface area contributed by atoms with Gasteiger partial charge < -0.3 is 10.0 Å². The largest absolute Gasteiger partial charge is 0.395 e. The molecule has 0 saturated heterocycles. The smallest absolute Gasteiger partial charge is 0.255 e. The van der Waals surface area contributed by atoms with Crippen molar-refractivity contribution >= 4 is 5.69 Å². The lowest BCUT2D eigenvalue weighted by atomic mass is 10.3. The summed E-state index contributed by atoms with van der Waals surface area (Å²) in [5.74, 6) is 0. The lowest BCUT2D eigenvalue weighted by Crippen LogP contribution is -2.31. The van der Waals surface area contributed by atoms with Crippen LogP contribution in [0.1, 0.15) is 0 Å². The van der Waals surface area contributed by atoms with E-state index in [-0.39, 0.29) is 19.7 Å². The van der Waals surface area contributed by atoms with Crippen LogP contribution in [0.2, 0.25) is 0 Å². The number of aromatic nitrogens is 1. The number of pyridine rings is 1. The molecule has 0 aliphatic carbocycles. The zero-order valence-electron chi connectivity index (χ0n) is 7.61. The number of nitrogens with zero attached hydrogens (tertiary/aromatic N) is 2. The fraction of sp³-hybridized carbons (Fsp3) is 0.444. The molecular weight excluding hydrogens is 190 g/mol. The van der Waals surface area contributed by atoms with Crippen molar-refractivity contribution in [1.82, 2.24) is 4.98 Å². The van der Waals surface area contributed by atoms with E-state index in [1.165, 1.54) is 17.3 Å². The lowest BCUT2D eigenvalue weighted by Gasteiger charge is -2.22. The minimum absolute atomic E-state index is 0.144. The highest BCUT2D eigenvalue weighted by molar-refractivity contribution is 5.44. The third kappa shape index (κ3) is 3.26. The SMILES string of the molecule is OCCN(CC(F)F)c1ccncc1. The molecule has 0 bridgehead atoms. The highest BCUT2D eigenvalue weighted by Gasteiger charge is 2.11. The molecule has 3 nitrogen and oxygen atoms in total. The van der Waals surface area contributed by atoms with E-state index >= 15 is 0 Å². The highest BCUT2D eigenvalue weighted by Crippen LogP contribution is 2.13. The summed E-state index contributed by atoms with van der Waals surface area (Å²) in [5, 5.41) is 8.71. The molecule has 0 unspecified atom stereocenters. The van der Waals surface area contributed by atoms with Crippen LogP contribution in [0.4, 0.5) is 14.5 Å². The number of anilines is 1. The Labute approximate surface area is 81.0 Å². The van der Waals surface area contributed by atoms with Gasteiger partial charge in [-0.3, -0.25) is 4.98 Å². The third-order valence-electron chi connectivity index (χ3n) is 1.76. The molecule has 1 N–H and O–H groups in total. The van der Waals surface area contributed by atoms with E-state index in [0.29, 0.717) is 5.69 Å². The molecule has 1 rings (SSSR count). The van der Waals surface area contributed by atoms with Crippen LogP contribution in [-0.4, -0.2) is 36.2 Å². The van der Waals surface area contributed by atoms with Gasteiger partial charge in [0.25, 0.3) is 6.43 Å². The van der Waals surface area contributed by atoms with Gasteiger partial charge in [-0.05, 0) is 12.1 Å². The average Bonchev–Trinajstić information content (AvgIpc) is 2.18. The van der Waals surface area contributed by atoms with E-state index in [1.807, 2.05) is 0 Å². The second-order valence-electron chi connectivity index (χ2n) is 2.77. The molecule has 78 valence electrons. The number of alkyl halides is 2. The van der Waals surface area contributed by atoms with Crippen LogP contribution in [0.25, 0.3) is 0 Å². The fourth-order valence-electron chi connectivity index (χ4n) is 1.17. The Bertz CT molecular complexity index is 256. The number of hydrogen-bond donors (Lipinski definition) is 1. The third-order valence-corrected chi connectivity index (χ3v) is 1.76. The summed E-state index contributed by atoms with van der Waals surface area (Å²) in [6.07, 6.45) is 0.658. The summed E-state index contributed by atoms with van der Waals surface area (Å²) in [6, 6.07) is 3.27. The predicted molar refractivity (Wildman–Crippen MR) is 49.5 cm³/mol. The number of aliphatic hydroxyl groups excluding tert-OH is 1. The molecule has 1 aromatic heterocycles. The molecule has 0 aromatic carbocycles. The van der Waals surface area contributed by atoms with Gasteiger partial charge >= 0.3 is 0 Å². The summed E-state index contributed by atoms with van der Waals surface area (Å²) in [5.41, 5.74) is 0.648. The number of rotatable bonds is 5. The quantitative estimate of drug-likeness (QED) is 0.778. The van der Waals surface area contributed by atoms with Gasteiger partial charge in [-0.15, -0.1) is 0 Å². The van der Waals surface area contributed by atoms with E-state index in [4.69, 9.17) is 5.11 Å². The average molecular weight is 202 g/mol. The molecule has 0 atom stereocenters. The molecule has 0 fully saturated rings. The number of halogens is 2. The van der Waals surface area contributed by atoms with Gasteiger partial charge in [-0.1, -0.05) is 0 Å². The van der Waals surface area contributed by atoms with Crippen molar-refractivity contribution in [2.24, 2.45) is 0 Å². The van der Waals surface area contributed by atoms with E-state index in [1.54, 1.807) is 12.1 Å². The van der Waals surface area contributed by atoms with Crippen molar-refractivity contribution in [1.29, 1.82) is 0 Å². The molecule has 1 heterocycles. The van der Waals surface area contributed by atoms with Crippen LogP contribution in [0.3, 0.4) is 0 Å². The highest BCUT2D eigenvalue weighted by atomic mass is 19.3. The second-order valence-corrected chi connectivity index (χ2v) is 2.77. The molecule has 1 aromatic rings. The first-order valence-corrected chi connectivity index (χ1v) is 4.28. The molecular formula is C9H12F2N2O. The second kappa shape index (κ2) is 5.49. The van der Waals surface area contributed by atoms with E-state index in [0.717, 1.165) is 0 Å². The van der Waals surface area contributed by atoms with Gasteiger partial charge in [-0.25, -0.2) is 8.78 Å². The molecule has 0 aliphatic rings. The van der Waals surface area contributed by atoms with Gasteiger partial charge in [0, 0.05) is 24.6 Å². The summed E-state index contributed by atoms with van der Waals surface area (Å²) in [7, 11) is 0. The van der Waals surface area contributed by atoms with E-state index in [9.17, 15) is 8.78 Å². The Kier molecular flexibility index (Phi) is 4.25. The Hall–Kier alpha value is -1.23. The topological polar surface area (TPSA) is 36.4 Å². The summed E-state index contributed by atoms with van der Waals surface area (Å²) in [4.78, 5) is 5.21. The van der Waals surface area contributed by atoms with Crippen LogP contribution in [0.5, 0.6) is 0 Å². The Balaban J connectivity index is 2.67. The van der Waals surface area contributed by atoms with Gasteiger partial charge in [0.15, 0.2) is 0 Å². The van der Waals surface area contributed by atoms with Crippen LogP contribution in [0.15, 0.2) is 24.5 Å². The van der Waals surface area contributed by atoms with Crippen LogP contribution >= 0.6 is 0 Å². The van der Waals surface area contributed by atoms with E-state index in [2.05, 4.69) is 4.98 Å². The van der Waals surface area contributed by atoms with Crippen molar-refractivity contribution in [2.75, 3.05) is 24.6 Å². The van der Waals surface area contributed by atoms with Gasteiger partial charge in [0.05, 0.1) is 13.2 Å². The summed E-state index contributed by atoms with van der Waals surface area (Å²) < 4.78 is 24.3. The maximum absolute atomic E-state index is 12.2.